The van der Waals surface area contributed by atoms with Gasteiger partial charge in [0.05, 0.1) is 24.0 Å². The molecule has 4 atom stereocenters. The zero-order valence-corrected chi connectivity index (χ0v) is 7.12. The van der Waals surface area contributed by atoms with Crippen LogP contribution in [0.3, 0.4) is 0 Å². The Morgan fingerprint density at radius 3 is 2.29 bits per heavy atom. The molecule has 14 heavy (non-hydrogen) atoms. The van der Waals surface area contributed by atoms with Crippen molar-refractivity contribution in [2.45, 2.75) is 31.2 Å². The molecule has 2 saturated heterocycles. The van der Waals surface area contributed by atoms with Gasteiger partial charge in [0.15, 0.2) is 0 Å². The van der Waals surface area contributed by atoms with Gasteiger partial charge in [-0.1, -0.05) is 0 Å². The SMILES string of the molecule is O=C(O)[C@@H]1[C@@H](C(F)(F)F)[C@H]2CC[C@@H]1O2. The number of fused-ring (bicyclic) bond motifs is 2. The van der Waals surface area contributed by atoms with Gasteiger partial charge in [-0.3, -0.25) is 4.79 Å². The summed E-state index contributed by atoms with van der Waals surface area (Å²) < 4.78 is 42.4. The van der Waals surface area contributed by atoms with E-state index in [2.05, 4.69) is 0 Å². The molecule has 2 bridgehead atoms. The highest BCUT2D eigenvalue weighted by molar-refractivity contribution is 5.72. The van der Waals surface area contributed by atoms with Crippen molar-refractivity contribution in [1.82, 2.24) is 0 Å². The van der Waals surface area contributed by atoms with Crippen LogP contribution in [-0.4, -0.2) is 29.5 Å². The van der Waals surface area contributed by atoms with Crippen LogP contribution in [0, 0.1) is 11.8 Å². The van der Waals surface area contributed by atoms with Crippen LogP contribution in [0.1, 0.15) is 12.8 Å². The molecule has 0 saturated carbocycles. The maximum Gasteiger partial charge on any atom is 0.395 e. The molecule has 0 radical (unpaired) electrons. The number of alkyl halides is 3. The number of aliphatic carboxylic acids is 1. The van der Waals surface area contributed by atoms with E-state index in [-0.39, 0.29) is 0 Å². The lowest BCUT2D eigenvalue weighted by molar-refractivity contribution is -0.201. The van der Waals surface area contributed by atoms with Crippen LogP contribution in [0.2, 0.25) is 0 Å². The molecule has 80 valence electrons. The van der Waals surface area contributed by atoms with Crippen molar-refractivity contribution in [1.29, 1.82) is 0 Å². The summed E-state index contributed by atoms with van der Waals surface area (Å²) in [6, 6.07) is 0. The van der Waals surface area contributed by atoms with Gasteiger partial charge in [-0.2, -0.15) is 13.2 Å². The highest BCUT2D eigenvalue weighted by atomic mass is 19.4. The summed E-state index contributed by atoms with van der Waals surface area (Å²) in [5.41, 5.74) is 0. The Balaban J connectivity index is 2.26. The number of hydrogen-bond donors (Lipinski definition) is 1. The van der Waals surface area contributed by atoms with Crippen molar-refractivity contribution in [3.8, 4) is 0 Å². The van der Waals surface area contributed by atoms with E-state index in [9.17, 15) is 18.0 Å². The maximum absolute atomic E-state index is 12.5. The highest BCUT2D eigenvalue weighted by Crippen LogP contribution is 2.50. The molecular weight excluding hydrogens is 201 g/mol. The van der Waals surface area contributed by atoms with Crippen LogP contribution in [0.25, 0.3) is 0 Å². The van der Waals surface area contributed by atoms with Crippen molar-refractivity contribution >= 4 is 5.97 Å². The molecule has 6 heteroatoms. The number of carboxylic acid groups (broad SMARTS) is 1. The molecular formula is C8H9F3O3. The zero-order valence-electron chi connectivity index (χ0n) is 7.12. The van der Waals surface area contributed by atoms with Crippen LogP contribution in [0.15, 0.2) is 0 Å². The Bertz CT molecular complexity index is 263. The molecule has 0 aromatic carbocycles. The first kappa shape index (κ1) is 9.76. The van der Waals surface area contributed by atoms with Gasteiger partial charge in [0.2, 0.25) is 0 Å². The Labute approximate surface area is 77.8 Å². The molecule has 2 heterocycles. The van der Waals surface area contributed by atoms with Crippen LogP contribution < -0.4 is 0 Å². The zero-order chi connectivity index (χ0) is 10.5. The minimum absolute atomic E-state index is 0.318. The van der Waals surface area contributed by atoms with E-state index >= 15 is 0 Å². The second-order valence-corrected chi connectivity index (χ2v) is 3.72. The average molecular weight is 210 g/mol. The third-order valence-corrected chi connectivity index (χ3v) is 2.94. The quantitative estimate of drug-likeness (QED) is 0.712. The van der Waals surface area contributed by atoms with Crippen LogP contribution in [0.5, 0.6) is 0 Å². The van der Waals surface area contributed by atoms with Crippen molar-refractivity contribution in [2.24, 2.45) is 11.8 Å². The second kappa shape index (κ2) is 2.85. The van der Waals surface area contributed by atoms with Crippen molar-refractivity contribution in [3.05, 3.63) is 0 Å². The Kier molecular flexibility index (Phi) is 1.99. The fourth-order valence-electron chi connectivity index (χ4n) is 2.41. The predicted molar refractivity (Wildman–Crippen MR) is 38.6 cm³/mol. The van der Waals surface area contributed by atoms with Crippen LogP contribution >= 0.6 is 0 Å². The molecule has 2 fully saturated rings. The molecule has 0 aromatic heterocycles. The number of ether oxygens (including phenoxy) is 1. The smallest absolute Gasteiger partial charge is 0.395 e. The van der Waals surface area contributed by atoms with E-state index in [1.54, 1.807) is 0 Å². The fraction of sp³-hybridized carbons (Fsp3) is 0.875. The lowest BCUT2D eigenvalue weighted by Gasteiger charge is -2.26. The summed E-state index contributed by atoms with van der Waals surface area (Å²) in [6.07, 6.45) is -5.42. The Morgan fingerprint density at radius 2 is 1.86 bits per heavy atom. The predicted octanol–water partition coefficient (Wildman–Crippen LogP) is 1.43. The Morgan fingerprint density at radius 1 is 1.29 bits per heavy atom. The first-order chi connectivity index (χ1) is 6.41. The topological polar surface area (TPSA) is 46.5 Å². The number of carbonyl (C=O) groups is 1. The van der Waals surface area contributed by atoms with E-state index in [0.717, 1.165) is 0 Å². The third kappa shape index (κ3) is 1.28. The number of carboxylic acids is 1. The van der Waals surface area contributed by atoms with E-state index in [1.165, 1.54) is 0 Å². The van der Waals surface area contributed by atoms with Gasteiger partial charge >= 0.3 is 12.1 Å². The van der Waals surface area contributed by atoms with Crippen molar-refractivity contribution in [3.63, 3.8) is 0 Å². The molecule has 1 N–H and O–H groups in total. The average Bonchev–Trinajstić information content (AvgIpc) is 2.58. The Hall–Kier alpha value is -0.780. The molecule has 2 aliphatic heterocycles. The summed E-state index contributed by atoms with van der Waals surface area (Å²) in [6.45, 7) is 0. The maximum atomic E-state index is 12.5. The van der Waals surface area contributed by atoms with Gasteiger partial charge in [0.1, 0.15) is 0 Å². The fourth-order valence-corrected chi connectivity index (χ4v) is 2.41. The van der Waals surface area contributed by atoms with E-state index in [0.29, 0.717) is 12.8 Å². The van der Waals surface area contributed by atoms with Crippen molar-refractivity contribution in [2.75, 3.05) is 0 Å². The molecule has 0 spiro atoms. The lowest BCUT2D eigenvalue weighted by atomic mass is 9.79. The van der Waals surface area contributed by atoms with Gasteiger partial charge in [-0.25, -0.2) is 0 Å². The normalized spacial score (nSPS) is 41.6. The first-order valence-corrected chi connectivity index (χ1v) is 4.36. The molecule has 0 aliphatic carbocycles. The highest BCUT2D eigenvalue weighted by Gasteiger charge is 2.62. The van der Waals surface area contributed by atoms with E-state index < -0.39 is 36.2 Å². The molecule has 3 nitrogen and oxygen atoms in total. The summed E-state index contributed by atoms with van der Waals surface area (Å²) in [5, 5.41) is 8.69. The molecule has 0 unspecified atom stereocenters. The number of hydrogen-bond acceptors (Lipinski definition) is 2. The standard InChI is InChI=1S/C8H9F3O3/c9-8(10,11)6-4-2-1-3(14-4)5(6)7(12)13/h3-6H,1-2H2,(H,12,13)/t3-,4+,5-,6-/m0/s1. The molecule has 0 aromatic rings. The van der Waals surface area contributed by atoms with E-state index in [1.807, 2.05) is 0 Å². The van der Waals surface area contributed by atoms with Gasteiger partial charge in [-0.05, 0) is 12.8 Å². The van der Waals surface area contributed by atoms with Gasteiger partial charge in [-0.15, -0.1) is 0 Å². The van der Waals surface area contributed by atoms with Crippen LogP contribution in [-0.2, 0) is 9.53 Å². The van der Waals surface area contributed by atoms with Gasteiger partial charge in [0.25, 0.3) is 0 Å². The second-order valence-electron chi connectivity index (χ2n) is 3.72. The minimum Gasteiger partial charge on any atom is -0.481 e. The van der Waals surface area contributed by atoms with E-state index in [4.69, 9.17) is 9.84 Å². The summed E-state index contributed by atoms with van der Waals surface area (Å²) in [5.74, 6) is -4.63. The number of rotatable bonds is 1. The van der Waals surface area contributed by atoms with Gasteiger partial charge in [0, 0.05) is 0 Å². The lowest BCUT2D eigenvalue weighted by Crippen LogP contribution is -2.42. The first-order valence-electron chi connectivity index (χ1n) is 4.36. The van der Waals surface area contributed by atoms with Gasteiger partial charge < -0.3 is 9.84 Å². The third-order valence-electron chi connectivity index (χ3n) is 2.94. The van der Waals surface area contributed by atoms with Crippen LogP contribution in [0.4, 0.5) is 13.2 Å². The molecule has 2 rings (SSSR count). The summed E-state index contributed by atoms with van der Waals surface area (Å²) in [7, 11) is 0. The monoisotopic (exact) mass is 210 g/mol. The molecule has 2 aliphatic rings. The minimum atomic E-state index is -4.47. The van der Waals surface area contributed by atoms with Crippen molar-refractivity contribution < 1.29 is 27.8 Å². The molecule has 0 amide bonds. The number of halogens is 3. The summed E-state index contributed by atoms with van der Waals surface area (Å²) in [4.78, 5) is 10.7. The summed E-state index contributed by atoms with van der Waals surface area (Å²) >= 11 is 0. The largest absolute Gasteiger partial charge is 0.481 e.